The molecule has 39 heavy (non-hydrogen) atoms. The first-order valence-electron chi connectivity index (χ1n) is 13.0. The largest absolute Gasteiger partial charge is 0.490 e. The number of amidine groups is 2. The van der Waals surface area contributed by atoms with Crippen molar-refractivity contribution in [1.82, 2.24) is 9.88 Å². The van der Waals surface area contributed by atoms with Crippen LogP contribution in [0.4, 0.5) is 5.69 Å². The second kappa shape index (κ2) is 11.3. The number of hydrogen-bond donors (Lipinski definition) is 3. The Kier molecular flexibility index (Phi) is 7.54. The number of nitrogens with one attached hydrogen (secondary N) is 2. The zero-order valence-electron chi connectivity index (χ0n) is 21.9. The third kappa shape index (κ3) is 6.06. The number of anilines is 1. The molecule has 0 bridgehead atoms. The van der Waals surface area contributed by atoms with E-state index < -0.39 is 0 Å². The van der Waals surface area contributed by atoms with E-state index >= 15 is 0 Å². The van der Waals surface area contributed by atoms with Crippen LogP contribution in [0.3, 0.4) is 0 Å². The Morgan fingerprint density at radius 2 is 1.74 bits per heavy atom. The number of nitrogens with zero attached hydrogens (tertiary/aromatic N) is 3. The van der Waals surface area contributed by atoms with Crippen molar-refractivity contribution < 1.29 is 9.53 Å². The molecule has 8 heteroatoms. The summed E-state index contributed by atoms with van der Waals surface area (Å²) in [5.41, 5.74) is 8.41. The van der Waals surface area contributed by atoms with Gasteiger partial charge < -0.3 is 20.3 Å². The smallest absolute Gasteiger partial charge is 0.277 e. The summed E-state index contributed by atoms with van der Waals surface area (Å²) < 4.78 is 6.22. The van der Waals surface area contributed by atoms with Crippen LogP contribution in [0.1, 0.15) is 41.4 Å². The number of nitrogens with two attached hydrogens (primary N) is 1. The summed E-state index contributed by atoms with van der Waals surface area (Å²) in [6.07, 6.45) is 3.47. The first-order chi connectivity index (χ1) is 18.9. The summed E-state index contributed by atoms with van der Waals surface area (Å²) in [6.45, 7) is 3.81. The molecule has 0 radical (unpaired) electrons. The predicted molar refractivity (Wildman–Crippen MR) is 155 cm³/mol. The number of aromatic nitrogens is 1. The molecule has 1 amide bonds. The van der Waals surface area contributed by atoms with Gasteiger partial charge in [0, 0.05) is 43.4 Å². The molecule has 198 valence electrons. The molecule has 8 nitrogen and oxygen atoms in total. The Balaban J connectivity index is 1.38. The summed E-state index contributed by atoms with van der Waals surface area (Å²) in [5.74, 6) is 1.18. The number of benzene rings is 3. The summed E-state index contributed by atoms with van der Waals surface area (Å²) >= 11 is 0. The van der Waals surface area contributed by atoms with E-state index in [0.29, 0.717) is 23.6 Å². The molecule has 2 heterocycles. The van der Waals surface area contributed by atoms with Crippen LogP contribution < -0.4 is 15.4 Å². The Bertz CT molecular complexity index is 1500. The van der Waals surface area contributed by atoms with Crippen LogP contribution in [-0.2, 0) is 6.54 Å². The summed E-state index contributed by atoms with van der Waals surface area (Å²) in [7, 11) is 0. The van der Waals surface area contributed by atoms with E-state index in [1.165, 1.54) is 0 Å². The molecule has 1 aliphatic rings. The van der Waals surface area contributed by atoms with Gasteiger partial charge in [-0.25, -0.2) is 0 Å². The molecule has 0 atom stereocenters. The molecule has 0 aliphatic carbocycles. The number of hydrogen-bond acceptors (Lipinski definition) is 5. The fourth-order valence-corrected chi connectivity index (χ4v) is 4.86. The SMILES string of the molecule is CC(=N)N1CCC(Oc2ccc(N(Cc3ccc4ccc(C(=N)N)cc4c3)C(=O)c3ccccn3)cc2)CC1. The minimum absolute atomic E-state index is 0.0203. The van der Waals surface area contributed by atoms with E-state index in [9.17, 15) is 4.79 Å². The molecule has 1 aromatic heterocycles. The number of ether oxygens (including phenoxy) is 1. The average molecular weight is 521 g/mol. The van der Waals surface area contributed by atoms with E-state index in [0.717, 1.165) is 53.7 Å². The van der Waals surface area contributed by atoms with Gasteiger partial charge in [0.2, 0.25) is 0 Å². The topological polar surface area (TPSA) is 119 Å². The highest BCUT2D eigenvalue weighted by Gasteiger charge is 2.22. The Labute approximate surface area is 228 Å². The van der Waals surface area contributed by atoms with Crippen molar-refractivity contribution in [2.24, 2.45) is 5.73 Å². The van der Waals surface area contributed by atoms with Crippen LogP contribution in [0.2, 0.25) is 0 Å². The molecule has 5 rings (SSSR count). The van der Waals surface area contributed by atoms with E-state index in [2.05, 4.69) is 9.88 Å². The lowest BCUT2D eigenvalue weighted by Gasteiger charge is -2.32. The van der Waals surface area contributed by atoms with Gasteiger partial charge in [0.25, 0.3) is 5.91 Å². The van der Waals surface area contributed by atoms with Gasteiger partial charge in [0.05, 0.1) is 12.4 Å². The van der Waals surface area contributed by atoms with Crippen molar-refractivity contribution in [3.05, 3.63) is 102 Å². The lowest BCUT2D eigenvalue weighted by molar-refractivity contribution is 0.0980. The number of piperidine rings is 1. The van der Waals surface area contributed by atoms with Crippen LogP contribution in [0.15, 0.2) is 85.1 Å². The molecular weight excluding hydrogens is 488 g/mol. The molecule has 1 aliphatic heterocycles. The average Bonchev–Trinajstić information content (AvgIpc) is 2.96. The second-order valence-electron chi connectivity index (χ2n) is 9.80. The molecule has 0 unspecified atom stereocenters. The molecule has 4 N–H and O–H groups in total. The van der Waals surface area contributed by atoms with Crippen molar-refractivity contribution in [1.29, 1.82) is 10.8 Å². The Morgan fingerprint density at radius 1 is 1.00 bits per heavy atom. The molecule has 0 spiro atoms. The minimum Gasteiger partial charge on any atom is -0.490 e. The molecule has 0 saturated carbocycles. The van der Waals surface area contributed by atoms with Crippen molar-refractivity contribution in [2.75, 3.05) is 18.0 Å². The summed E-state index contributed by atoms with van der Waals surface area (Å²) in [4.78, 5) is 21.7. The molecule has 4 aromatic rings. The van der Waals surface area contributed by atoms with E-state index in [4.69, 9.17) is 21.3 Å². The Hall–Kier alpha value is -4.72. The number of nitrogen functional groups attached to an aromatic ring is 1. The second-order valence-corrected chi connectivity index (χ2v) is 9.80. The van der Waals surface area contributed by atoms with Gasteiger partial charge in [0.15, 0.2) is 0 Å². The van der Waals surface area contributed by atoms with Gasteiger partial charge in [-0.2, -0.15) is 0 Å². The summed E-state index contributed by atoms with van der Waals surface area (Å²) in [5, 5.41) is 17.6. The zero-order valence-corrected chi connectivity index (χ0v) is 21.9. The van der Waals surface area contributed by atoms with Gasteiger partial charge in [0.1, 0.15) is 23.4 Å². The number of amides is 1. The maximum absolute atomic E-state index is 13.6. The van der Waals surface area contributed by atoms with Crippen molar-refractivity contribution in [2.45, 2.75) is 32.4 Å². The van der Waals surface area contributed by atoms with Gasteiger partial charge in [-0.3, -0.25) is 20.6 Å². The molecule has 1 saturated heterocycles. The number of carbonyl (C=O) groups is 1. The highest BCUT2D eigenvalue weighted by molar-refractivity contribution is 6.05. The third-order valence-corrected chi connectivity index (χ3v) is 7.05. The van der Waals surface area contributed by atoms with Gasteiger partial charge in [-0.15, -0.1) is 0 Å². The fourth-order valence-electron chi connectivity index (χ4n) is 4.86. The standard InChI is InChI=1S/C31H32N6O2/c1-21(32)36-16-13-28(14-17-36)39-27-11-9-26(10-12-27)37(31(38)29-4-2-3-15-35-29)20-22-5-6-23-7-8-24(30(33)34)19-25(23)18-22/h2-12,15,18-19,28,32H,13-14,16-17,20H2,1H3,(H3,33,34). The van der Waals surface area contributed by atoms with Crippen LogP contribution in [0, 0.1) is 10.8 Å². The van der Waals surface area contributed by atoms with Crippen molar-refractivity contribution >= 4 is 34.0 Å². The zero-order chi connectivity index (χ0) is 27.4. The van der Waals surface area contributed by atoms with E-state index in [1.54, 1.807) is 29.3 Å². The van der Waals surface area contributed by atoms with Gasteiger partial charge in [-0.1, -0.05) is 30.3 Å². The fraction of sp³-hybridized carbons (Fsp3) is 0.226. The van der Waals surface area contributed by atoms with Crippen molar-refractivity contribution in [3.8, 4) is 5.75 Å². The number of carbonyl (C=O) groups excluding carboxylic acids is 1. The number of likely N-dealkylation sites (tertiary alicyclic amines) is 1. The lowest BCUT2D eigenvalue weighted by Crippen LogP contribution is -2.40. The third-order valence-electron chi connectivity index (χ3n) is 7.05. The van der Waals surface area contributed by atoms with Gasteiger partial charge >= 0.3 is 0 Å². The van der Waals surface area contributed by atoms with Crippen LogP contribution in [0.5, 0.6) is 5.75 Å². The molecular formula is C31H32N6O2. The normalized spacial score (nSPS) is 13.7. The number of fused-ring (bicyclic) bond motifs is 1. The quantitative estimate of drug-likeness (QED) is 0.228. The molecule has 1 fully saturated rings. The van der Waals surface area contributed by atoms with Crippen LogP contribution in [0.25, 0.3) is 10.8 Å². The van der Waals surface area contributed by atoms with Crippen LogP contribution in [-0.4, -0.2) is 46.7 Å². The summed E-state index contributed by atoms with van der Waals surface area (Å²) in [6, 6.07) is 24.7. The molecule has 3 aromatic carbocycles. The van der Waals surface area contributed by atoms with E-state index in [-0.39, 0.29) is 17.8 Å². The highest BCUT2D eigenvalue weighted by atomic mass is 16.5. The lowest BCUT2D eigenvalue weighted by atomic mass is 10.0. The Morgan fingerprint density at radius 3 is 2.41 bits per heavy atom. The monoisotopic (exact) mass is 520 g/mol. The maximum atomic E-state index is 13.6. The van der Waals surface area contributed by atoms with E-state index in [1.807, 2.05) is 67.6 Å². The predicted octanol–water partition coefficient (Wildman–Crippen LogP) is 5.21. The maximum Gasteiger partial charge on any atom is 0.277 e. The van der Waals surface area contributed by atoms with Gasteiger partial charge in [-0.05, 0) is 71.8 Å². The number of rotatable bonds is 7. The van der Waals surface area contributed by atoms with Crippen LogP contribution >= 0.6 is 0 Å². The first kappa shape index (κ1) is 25.9. The first-order valence-corrected chi connectivity index (χ1v) is 13.0. The number of pyridine rings is 1. The minimum atomic E-state index is -0.198. The highest BCUT2D eigenvalue weighted by Crippen LogP contribution is 2.27. The van der Waals surface area contributed by atoms with Crippen molar-refractivity contribution in [3.63, 3.8) is 0 Å².